The summed E-state index contributed by atoms with van der Waals surface area (Å²) < 4.78 is 33.5. The van der Waals surface area contributed by atoms with Gasteiger partial charge in [0.1, 0.15) is 5.76 Å². The predicted octanol–water partition coefficient (Wildman–Crippen LogP) is 2.30. The minimum Gasteiger partial charge on any atom is -0.469 e. The minimum absolute atomic E-state index is 0.212. The van der Waals surface area contributed by atoms with E-state index in [1.54, 1.807) is 35.7 Å². The molecule has 2 heterocycles. The lowest BCUT2D eigenvalue weighted by molar-refractivity contribution is -0.139. The van der Waals surface area contributed by atoms with E-state index in [4.69, 9.17) is 4.42 Å². The Bertz CT molecular complexity index is 1030. The van der Waals surface area contributed by atoms with Crippen LogP contribution in [-0.2, 0) is 26.0 Å². The first-order valence-corrected chi connectivity index (χ1v) is 12.4. The number of benzene rings is 1. The summed E-state index contributed by atoms with van der Waals surface area (Å²) >= 11 is 0. The maximum atomic E-state index is 13.4. The molecule has 3 rings (SSSR count). The van der Waals surface area contributed by atoms with Gasteiger partial charge in [-0.05, 0) is 62.4 Å². The maximum absolute atomic E-state index is 13.4. The first-order chi connectivity index (χ1) is 15.3. The third kappa shape index (κ3) is 5.98. The topological polar surface area (TPSA) is 109 Å². The highest BCUT2D eigenvalue weighted by Crippen LogP contribution is 2.29. The molecule has 1 aliphatic rings. The van der Waals surface area contributed by atoms with Crippen molar-refractivity contribution in [1.82, 2.24) is 14.9 Å². The van der Waals surface area contributed by atoms with Gasteiger partial charge >= 0.3 is 11.8 Å². The summed E-state index contributed by atoms with van der Waals surface area (Å²) in [7, 11) is -3.63. The highest BCUT2D eigenvalue weighted by molar-refractivity contribution is 7.89. The van der Waals surface area contributed by atoms with Crippen LogP contribution in [0.1, 0.15) is 42.6 Å². The zero-order valence-electron chi connectivity index (χ0n) is 18.6. The molecule has 0 radical (unpaired) electrons. The standard InChI is InChI=1S/C23H31N3O5S/c1-17-8-9-18(2)21(16-17)32(29,30)26-14-4-3-6-19(26)10-12-24-22(27)23(28)25-13-11-20-7-5-15-31-20/h5,7-9,15-16,19H,3-4,6,10-14H2,1-2H3,(H,24,27)(H,25,28)/t19-/m1/s1. The Morgan fingerprint density at radius 2 is 1.84 bits per heavy atom. The van der Waals surface area contributed by atoms with Crippen LogP contribution in [0.25, 0.3) is 0 Å². The Balaban J connectivity index is 1.53. The highest BCUT2D eigenvalue weighted by Gasteiger charge is 2.34. The lowest BCUT2D eigenvalue weighted by Crippen LogP contribution is -2.46. The molecule has 2 N–H and O–H groups in total. The van der Waals surface area contributed by atoms with Gasteiger partial charge in [0.05, 0.1) is 11.2 Å². The number of furan rings is 1. The Hall–Kier alpha value is -2.65. The van der Waals surface area contributed by atoms with Crippen LogP contribution < -0.4 is 10.6 Å². The number of aryl methyl sites for hydroxylation is 2. The van der Waals surface area contributed by atoms with Gasteiger partial charge in [0.25, 0.3) is 0 Å². The molecule has 1 aromatic carbocycles. The van der Waals surface area contributed by atoms with Crippen LogP contribution in [0.15, 0.2) is 45.9 Å². The molecule has 1 aromatic heterocycles. The first kappa shape index (κ1) is 24.0. The molecule has 174 valence electrons. The number of rotatable bonds is 8. The number of carbonyl (C=O) groups is 2. The number of hydrogen-bond donors (Lipinski definition) is 2. The number of hydrogen-bond acceptors (Lipinski definition) is 5. The summed E-state index contributed by atoms with van der Waals surface area (Å²) in [6.07, 6.45) is 4.98. The second-order valence-electron chi connectivity index (χ2n) is 8.16. The Kier molecular flexibility index (Phi) is 8.09. The summed E-state index contributed by atoms with van der Waals surface area (Å²) in [5, 5.41) is 5.17. The monoisotopic (exact) mass is 461 g/mol. The molecule has 0 bridgehead atoms. The summed E-state index contributed by atoms with van der Waals surface area (Å²) in [5.74, 6) is -0.697. The summed E-state index contributed by atoms with van der Waals surface area (Å²) in [6, 6.07) is 8.79. The van der Waals surface area contributed by atoms with Crippen LogP contribution in [0, 0.1) is 13.8 Å². The fraction of sp³-hybridized carbons (Fsp3) is 0.478. The van der Waals surface area contributed by atoms with Gasteiger partial charge in [0.2, 0.25) is 10.0 Å². The molecule has 32 heavy (non-hydrogen) atoms. The van der Waals surface area contributed by atoms with Crippen molar-refractivity contribution in [3.05, 3.63) is 53.5 Å². The van der Waals surface area contributed by atoms with Crippen molar-refractivity contribution in [2.45, 2.75) is 56.9 Å². The Labute approximate surface area is 189 Å². The van der Waals surface area contributed by atoms with E-state index in [1.165, 1.54) is 0 Å². The molecule has 0 aliphatic carbocycles. The Morgan fingerprint density at radius 1 is 1.09 bits per heavy atom. The molecular weight excluding hydrogens is 430 g/mol. The average Bonchev–Trinajstić information content (AvgIpc) is 3.29. The third-order valence-corrected chi connectivity index (χ3v) is 7.80. The lowest BCUT2D eigenvalue weighted by atomic mass is 10.0. The van der Waals surface area contributed by atoms with Crippen molar-refractivity contribution in [2.75, 3.05) is 19.6 Å². The van der Waals surface area contributed by atoms with Crippen LogP contribution in [0.3, 0.4) is 0 Å². The number of amides is 2. The molecule has 9 heteroatoms. The molecule has 1 fully saturated rings. The van der Waals surface area contributed by atoms with Crippen molar-refractivity contribution in [3.8, 4) is 0 Å². The van der Waals surface area contributed by atoms with Crippen molar-refractivity contribution < 1.29 is 22.4 Å². The summed E-state index contributed by atoms with van der Waals surface area (Å²) in [6.45, 7) is 4.66. The van der Waals surface area contributed by atoms with E-state index < -0.39 is 21.8 Å². The SMILES string of the molecule is Cc1ccc(C)c(S(=O)(=O)N2CCCC[C@@H]2CCNC(=O)C(=O)NCCc2ccco2)c1. The average molecular weight is 462 g/mol. The van der Waals surface area contributed by atoms with E-state index in [-0.39, 0.29) is 12.6 Å². The van der Waals surface area contributed by atoms with Crippen LogP contribution >= 0.6 is 0 Å². The largest absolute Gasteiger partial charge is 0.469 e. The molecule has 1 atom stereocenters. The molecule has 8 nitrogen and oxygen atoms in total. The van der Waals surface area contributed by atoms with E-state index in [9.17, 15) is 18.0 Å². The molecule has 0 unspecified atom stereocenters. The van der Waals surface area contributed by atoms with Gasteiger partial charge in [-0.15, -0.1) is 0 Å². The van der Waals surface area contributed by atoms with Crippen molar-refractivity contribution in [2.24, 2.45) is 0 Å². The van der Waals surface area contributed by atoms with Gasteiger partial charge < -0.3 is 15.1 Å². The zero-order chi connectivity index (χ0) is 23.1. The molecule has 0 spiro atoms. The second-order valence-corrected chi connectivity index (χ2v) is 10.0. The van der Waals surface area contributed by atoms with Gasteiger partial charge in [-0.3, -0.25) is 9.59 Å². The molecule has 1 aliphatic heterocycles. The van der Waals surface area contributed by atoms with E-state index in [0.717, 1.165) is 36.1 Å². The van der Waals surface area contributed by atoms with Crippen LogP contribution in [0.4, 0.5) is 0 Å². The van der Waals surface area contributed by atoms with Crippen molar-refractivity contribution in [3.63, 3.8) is 0 Å². The first-order valence-electron chi connectivity index (χ1n) is 11.0. The predicted molar refractivity (Wildman–Crippen MR) is 120 cm³/mol. The number of piperidine rings is 1. The molecule has 0 saturated carbocycles. The normalized spacial score (nSPS) is 17.1. The van der Waals surface area contributed by atoms with Crippen molar-refractivity contribution in [1.29, 1.82) is 0 Å². The third-order valence-electron chi connectivity index (χ3n) is 5.71. The smallest absolute Gasteiger partial charge is 0.309 e. The van der Waals surface area contributed by atoms with E-state index >= 15 is 0 Å². The van der Waals surface area contributed by atoms with Gasteiger partial charge in [-0.1, -0.05) is 18.6 Å². The molecule has 2 aromatic rings. The quantitative estimate of drug-likeness (QED) is 0.587. The number of carbonyl (C=O) groups excluding carboxylic acids is 2. The summed E-state index contributed by atoms with van der Waals surface area (Å²) in [4.78, 5) is 24.4. The van der Waals surface area contributed by atoms with Crippen LogP contribution in [0.2, 0.25) is 0 Å². The van der Waals surface area contributed by atoms with E-state index in [0.29, 0.717) is 30.8 Å². The molecule has 2 amide bonds. The van der Waals surface area contributed by atoms with E-state index in [1.807, 2.05) is 19.1 Å². The maximum Gasteiger partial charge on any atom is 0.309 e. The van der Waals surface area contributed by atoms with Crippen molar-refractivity contribution >= 4 is 21.8 Å². The van der Waals surface area contributed by atoms with Gasteiger partial charge in [0, 0.05) is 32.1 Å². The van der Waals surface area contributed by atoms with Gasteiger partial charge in [-0.25, -0.2) is 8.42 Å². The molecular formula is C23H31N3O5S. The number of sulfonamides is 1. The van der Waals surface area contributed by atoms with Gasteiger partial charge in [0.15, 0.2) is 0 Å². The fourth-order valence-corrected chi connectivity index (χ4v) is 5.99. The van der Waals surface area contributed by atoms with E-state index in [2.05, 4.69) is 10.6 Å². The second kappa shape index (κ2) is 10.8. The fourth-order valence-electron chi connectivity index (χ4n) is 3.96. The number of nitrogens with one attached hydrogen (secondary N) is 2. The number of nitrogens with zero attached hydrogens (tertiary/aromatic N) is 1. The zero-order valence-corrected chi connectivity index (χ0v) is 19.4. The lowest BCUT2D eigenvalue weighted by Gasteiger charge is -2.35. The molecule has 1 saturated heterocycles. The Morgan fingerprint density at radius 3 is 2.56 bits per heavy atom. The highest BCUT2D eigenvalue weighted by atomic mass is 32.2. The minimum atomic E-state index is -3.63. The van der Waals surface area contributed by atoms with Crippen LogP contribution in [-0.4, -0.2) is 50.2 Å². The summed E-state index contributed by atoms with van der Waals surface area (Å²) in [5.41, 5.74) is 1.62. The van der Waals surface area contributed by atoms with Gasteiger partial charge in [-0.2, -0.15) is 4.31 Å². The van der Waals surface area contributed by atoms with Crippen LogP contribution in [0.5, 0.6) is 0 Å².